The zero-order valence-electron chi connectivity index (χ0n) is 14.8. The molecular formula is C19H30N2O2. The maximum absolute atomic E-state index is 12.3. The van der Waals surface area contributed by atoms with Crippen molar-refractivity contribution < 1.29 is 9.53 Å². The predicted octanol–water partition coefficient (Wildman–Crippen LogP) is 3.14. The second-order valence-electron chi connectivity index (χ2n) is 6.71. The van der Waals surface area contributed by atoms with Gasteiger partial charge in [-0.05, 0) is 64.7 Å². The van der Waals surface area contributed by atoms with E-state index in [1.54, 1.807) is 0 Å². The monoisotopic (exact) mass is 318 g/mol. The second kappa shape index (κ2) is 8.34. The molecule has 1 heterocycles. The van der Waals surface area contributed by atoms with Crippen LogP contribution in [0.5, 0.6) is 5.75 Å². The van der Waals surface area contributed by atoms with Gasteiger partial charge in [0.05, 0.1) is 12.6 Å². The number of rotatable bonds is 7. The second-order valence-corrected chi connectivity index (χ2v) is 6.71. The van der Waals surface area contributed by atoms with E-state index in [1.807, 2.05) is 25.1 Å². The molecule has 1 aliphatic rings. The van der Waals surface area contributed by atoms with Crippen LogP contribution >= 0.6 is 0 Å². The third kappa shape index (κ3) is 4.96. The maximum atomic E-state index is 12.3. The van der Waals surface area contributed by atoms with E-state index in [4.69, 9.17) is 4.74 Å². The van der Waals surface area contributed by atoms with Crippen molar-refractivity contribution in [2.45, 2.75) is 65.1 Å². The molecule has 0 aliphatic carbocycles. The average Bonchev–Trinajstić information content (AvgIpc) is 2.85. The van der Waals surface area contributed by atoms with Gasteiger partial charge in [-0.2, -0.15) is 0 Å². The molecule has 3 atom stereocenters. The fourth-order valence-electron chi connectivity index (χ4n) is 3.44. The molecule has 23 heavy (non-hydrogen) atoms. The Bertz CT molecular complexity index is 508. The van der Waals surface area contributed by atoms with Gasteiger partial charge in [-0.15, -0.1) is 0 Å². The number of aryl methyl sites for hydroxylation is 1. The van der Waals surface area contributed by atoms with E-state index in [1.165, 1.54) is 18.4 Å². The molecule has 1 aromatic rings. The highest BCUT2D eigenvalue weighted by Gasteiger charge is 2.33. The number of ether oxygens (including phenoxy) is 1. The van der Waals surface area contributed by atoms with Crippen LogP contribution in [-0.2, 0) is 4.79 Å². The lowest BCUT2D eigenvalue weighted by molar-refractivity contribution is -0.126. The van der Waals surface area contributed by atoms with E-state index in [9.17, 15) is 4.79 Å². The zero-order valence-corrected chi connectivity index (χ0v) is 14.8. The van der Waals surface area contributed by atoms with Gasteiger partial charge < -0.3 is 10.1 Å². The molecule has 2 rings (SSSR count). The Hall–Kier alpha value is -1.55. The summed E-state index contributed by atoms with van der Waals surface area (Å²) >= 11 is 0. The SMILES string of the molecule is Cc1cccc(OCCCNC(=O)[C@H](C)N2[C@H](C)CC[C@H]2C)c1. The minimum absolute atomic E-state index is 0.0554. The van der Waals surface area contributed by atoms with Crippen molar-refractivity contribution in [2.75, 3.05) is 13.2 Å². The summed E-state index contributed by atoms with van der Waals surface area (Å²) in [6, 6.07) is 8.97. The Morgan fingerprint density at radius 1 is 1.35 bits per heavy atom. The highest BCUT2D eigenvalue weighted by atomic mass is 16.5. The molecule has 0 aromatic heterocycles. The summed E-state index contributed by atoms with van der Waals surface area (Å²) in [5.41, 5.74) is 1.19. The van der Waals surface area contributed by atoms with Gasteiger partial charge in [-0.25, -0.2) is 0 Å². The van der Waals surface area contributed by atoms with Gasteiger partial charge in [-0.1, -0.05) is 12.1 Å². The van der Waals surface area contributed by atoms with Gasteiger partial charge in [0.1, 0.15) is 5.75 Å². The Balaban J connectivity index is 1.66. The number of likely N-dealkylation sites (tertiary alicyclic amines) is 1. The minimum Gasteiger partial charge on any atom is -0.494 e. The van der Waals surface area contributed by atoms with Gasteiger partial charge in [0.15, 0.2) is 0 Å². The van der Waals surface area contributed by atoms with Crippen LogP contribution in [0.4, 0.5) is 0 Å². The van der Waals surface area contributed by atoms with Crippen LogP contribution in [0.25, 0.3) is 0 Å². The first-order chi connectivity index (χ1) is 11.0. The normalized spacial score (nSPS) is 22.8. The number of amides is 1. The van der Waals surface area contributed by atoms with Crippen molar-refractivity contribution in [1.29, 1.82) is 0 Å². The van der Waals surface area contributed by atoms with Crippen LogP contribution < -0.4 is 10.1 Å². The fraction of sp³-hybridized carbons (Fsp3) is 0.632. The molecule has 1 amide bonds. The third-order valence-corrected chi connectivity index (χ3v) is 4.73. The van der Waals surface area contributed by atoms with Crippen molar-refractivity contribution in [2.24, 2.45) is 0 Å². The number of hydrogen-bond acceptors (Lipinski definition) is 3. The van der Waals surface area contributed by atoms with Crippen molar-refractivity contribution in [3.8, 4) is 5.75 Å². The molecule has 1 saturated heterocycles. The van der Waals surface area contributed by atoms with Crippen LogP contribution in [0.3, 0.4) is 0 Å². The highest BCUT2D eigenvalue weighted by molar-refractivity contribution is 5.81. The standard InChI is InChI=1S/C19H30N2O2/c1-14-7-5-8-18(13-14)23-12-6-11-20-19(22)17(4)21-15(2)9-10-16(21)3/h5,7-8,13,15-17H,6,9-12H2,1-4H3,(H,20,22)/t15-,16-,17+/m1/s1. The molecule has 1 fully saturated rings. The molecule has 0 spiro atoms. The molecule has 0 radical (unpaired) electrons. The summed E-state index contributed by atoms with van der Waals surface area (Å²) in [4.78, 5) is 14.6. The van der Waals surface area contributed by atoms with Gasteiger partial charge >= 0.3 is 0 Å². The van der Waals surface area contributed by atoms with Crippen molar-refractivity contribution in [3.05, 3.63) is 29.8 Å². The van der Waals surface area contributed by atoms with Gasteiger partial charge in [0.25, 0.3) is 0 Å². The van der Waals surface area contributed by atoms with Crippen LogP contribution in [0, 0.1) is 6.92 Å². The number of benzene rings is 1. The highest BCUT2D eigenvalue weighted by Crippen LogP contribution is 2.25. The molecule has 128 valence electrons. The first-order valence-electron chi connectivity index (χ1n) is 8.73. The minimum atomic E-state index is -0.0554. The number of nitrogens with one attached hydrogen (secondary N) is 1. The molecular weight excluding hydrogens is 288 g/mol. The van der Waals surface area contributed by atoms with Gasteiger partial charge in [-0.3, -0.25) is 9.69 Å². The number of carbonyl (C=O) groups excluding carboxylic acids is 1. The molecule has 0 saturated carbocycles. The van der Waals surface area contributed by atoms with E-state index in [-0.39, 0.29) is 11.9 Å². The summed E-state index contributed by atoms with van der Waals surface area (Å²) < 4.78 is 5.70. The Kier molecular flexibility index (Phi) is 6.46. The summed E-state index contributed by atoms with van der Waals surface area (Å²) in [6.45, 7) is 9.76. The van der Waals surface area contributed by atoms with Gasteiger partial charge in [0.2, 0.25) is 5.91 Å². The summed E-state index contributed by atoms with van der Waals surface area (Å²) in [5, 5.41) is 3.04. The van der Waals surface area contributed by atoms with Gasteiger partial charge in [0, 0.05) is 18.6 Å². The summed E-state index contributed by atoms with van der Waals surface area (Å²) in [5.74, 6) is 1.02. The lowest BCUT2D eigenvalue weighted by Gasteiger charge is -2.31. The third-order valence-electron chi connectivity index (χ3n) is 4.73. The van der Waals surface area contributed by atoms with E-state index in [2.05, 4.69) is 37.1 Å². The van der Waals surface area contributed by atoms with Crippen molar-refractivity contribution in [1.82, 2.24) is 10.2 Å². The number of carbonyl (C=O) groups is 1. The lowest BCUT2D eigenvalue weighted by atomic mass is 10.2. The molecule has 1 aromatic carbocycles. The first-order valence-corrected chi connectivity index (χ1v) is 8.73. The lowest BCUT2D eigenvalue weighted by Crippen LogP contribution is -2.49. The topological polar surface area (TPSA) is 41.6 Å². The average molecular weight is 318 g/mol. The molecule has 1 aliphatic heterocycles. The molecule has 1 N–H and O–H groups in total. The van der Waals surface area contributed by atoms with Crippen LogP contribution in [0.1, 0.15) is 45.6 Å². The van der Waals surface area contributed by atoms with Crippen molar-refractivity contribution in [3.63, 3.8) is 0 Å². The van der Waals surface area contributed by atoms with E-state index >= 15 is 0 Å². The van der Waals surface area contributed by atoms with Crippen LogP contribution in [0.15, 0.2) is 24.3 Å². The Morgan fingerprint density at radius 3 is 2.70 bits per heavy atom. The van der Waals surface area contributed by atoms with E-state index in [0.29, 0.717) is 25.2 Å². The molecule has 4 heteroatoms. The molecule has 0 bridgehead atoms. The Labute approximate surface area is 140 Å². The van der Waals surface area contributed by atoms with E-state index in [0.717, 1.165) is 12.2 Å². The van der Waals surface area contributed by atoms with Crippen LogP contribution in [-0.4, -0.2) is 42.1 Å². The molecule has 4 nitrogen and oxygen atoms in total. The maximum Gasteiger partial charge on any atom is 0.237 e. The summed E-state index contributed by atoms with van der Waals surface area (Å²) in [7, 11) is 0. The molecule has 0 unspecified atom stereocenters. The smallest absolute Gasteiger partial charge is 0.237 e. The largest absolute Gasteiger partial charge is 0.494 e. The fourth-order valence-corrected chi connectivity index (χ4v) is 3.44. The van der Waals surface area contributed by atoms with Crippen LogP contribution in [0.2, 0.25) is 0 Å². The number of hydrogen-bond donors (Lipinski definition) is 1. The van der Waals surface area contributed by atoms with Crippen molar-refractivity contribution >= 4 is 5.91 Å². The number of nitrogens with zero attached hydrogens (tertiary/aromatic N) is 1. The van der Waals surface area contributed by atoms with E-state index < -0.39 is 0 Å². The zero-order chi connectivity index (χ0) is 16.8. The quantitative estimate of drug-likeness (QED) is 0.785. The first kappa shape index (κ1) is 17.8. The summed E-state index contributed by atoms with van der Waals surface area (Å²) in [6.07, 6.45) is 3.18. The Morgan fingerprint density at radius 2 is 2.04 bits per heavy atom. The predicted molar refractivity (Wildman–Crippen MR) is 93.8 cm³/mol.